The monoisotopic (exact) mass is 244 g/mol. The van der Waals surface area contributed by atoms with Gasteiger partial charge in [0, 0.05) is 26.2 Å². The Morgan fingerprint density at radius 2 is 1.59 bits per heavy atom. The van der Waals surface area contributed by atoms with Gasteiger partial charge in [0.15, 0.2) is 16.9 Å². The van der Waals surface area contributed by atoms with E-state index in [1.807, 2.05) is 18.2 Å². The minimum absolute atomic E-state index is 0.121. The molecular formula is C13H8O3S. The Hall–Kier alpha value is -2.07. The second-order valence-electron chi connectivity index (χ2n) is 3.76. The van der Waals surface area contributed by atoms with Crippen LogP contribution in [0, 0.1) is 0 Å². The molecule has 0 amide bonds. The van der Waals surface area contributed by atoms with Gasteiger partial charge >= 0.3 is 0 Å². The third-order valence-corrected chi connectivity index (χ3v) is 3.81. The molecule has 17 heavy (non-hydrogen) atoms. The van der Waals surface area contributed by atoms with Gasteiger partial charge in [0.1, 0.15) is 0 Å². The highest BCUT2D eigenvalue weighted by atomic mass is 32.1. The van der Waals surface area contributed by atoms with Crippen LogP contribution >= 0.6 is 11.3 Å². The minimum atomic E-state index is -0.267. The van der Waals surface area contributed by atoms with E-state index in [0.717, 1.165) is 4.70 Å². The van der Waals surface area contributed by atoms with E-state index in [1.54, 1.807) is 6.07 Å². The fourth-order valence-corrected chi connectivity index (χ4v) is 2.91. The third kappa shape index (κ3) is 1.45. The summed E-state index contributed by atoms with van der Waals surface area (Å²) >= 11 is 1.42. The van der Waals surface area contributed by atoms with Crippen LogP contribution in [0.5, 0.6) is 11.5 Å². The number of rotatable bonds is 0. The van der Waals surface area contributed by atoms with E-state index in [-0.39, 0.29) is 16.9 Å². The zero-order valence-electron chi connectivity index (χ0n) is 8.68. The first-order valence-corrected chi connectivity index (χ1v) is 5.86. The highest BCUT2D eigenvalue weighted by Gasteiger charge is 2.09. The van der Waals surface area contributed by atoms with Crippen molar-refractivity contribution in [2.75, 3.05) is 0 Å². The highest BCUT2D eigenvalue weighted by Crippen LogP contribution is 2.33. The van der Waals surface area contributed by atoms with Gasteiger partial charge < -0.3 is 10.2 Å². The van der Waals surface area contributed by atoms with Crippen LogP contribution in [0.1, 0.15) is 0 Å². The van der Waals surface area contributed by atoms with Crippen molar-refractivity contribution in [1.29, 1.82) is 0 Å². The molecule has 0 radical (unpaired) electrons. The Kier molecular flexibility index (Phi) is 2.06. The van der Waals surface area contributed by atoms with E-state index < -0.39 is 0 Å². The largest absolute Gasteiger partial charge is 0.504 e. The molecule has 3 aromatic rings. The lowest BCUT2D eigenvalue weighted by atomic mass is 10.1. The third-order valence-electron chi connectivity index (χ3n) is 2.67. The normalized spacial score (nSPS) is 11.1. The van der Waals surface area contributed by atoms with Gasteiger partial charge in [-0.3, -0.25) is 4.79 Å². The van der Waals surface area contributed by atoms with Crippen LogP contribution in [0.25, 0.3) is 20.2 Å². The van der Waals surface area contributed by atoms with Gasteiger partial charge in [-0.1, -0.05) is 12.1 Å². The lowest BCUT2D eigenvalue weighted by Gasteiger charge is -2.02. The Balaban J connectivity index is 2.60. The lowest BCUT2D eigenvalue weighted by Crippen LogP contribution is -2.00. The molecule has 0 fully saturated rings. The second-order valence-corrected chi connectivity index (χ2v) is 4.85. The summed E-state index contributed by atoms with van der Waals surface area (Å²) in [5, 5.41) is 19.9. The molecule has 84 valence electrons. The van der Waals surface area contributed by atoms with Crippen LogP contribution < -0.4 is 5.43 Å². The molecule has 1 aromatic heterocycles. The molecular weight excluding hydrogens is 236 g/mol. The van der Waals surface area contributed by atoms with Crippen molar-refractivity contribution in [2.45, 2.75) is 0 Å². The second kappa shape index (κ2) is 3.46. The summed E-state index contributed by atoms with van der Waals surface area (Å²) in [6.07, 6.45) is 0. The van der Waals surface area contributed by atoms with Crippen molar-refractivity contribution in [1.82, 2.24) is 0 Å². The van der Waals surface area contributed by atoms with E-state index in [0.29, 0.717) is 15.5 Å². The van der Waals surface area contributed by atoms with Crippen LogP contribution in [0.15, 0.2) is 41.2 Å². The van der Waals surface area contributed by atoms with Crippen molar-refractivity contribution in [3.05, 3.63) is 46.6 Å². The number of hydrogen-bond donors (Lipinski definition) is 2. The van der Waals surface area contributed by atoms with E-state index >= 15 is 0 Å². The maximum Gasteiger partial charge on any atom is 0.196 e. The SMILES string of the molecule is O=c1c2ccccc2sc2cc(O)c(O)cc12. The quantitative estimate of drug-likeness (QED) is 0.472. The molecule has 3 rings (SSSR count). The number of phenols is 2. The first-order chi connectivity index (χ1) is 8.16. The zero-order valence-corrected chi connectivity index (χ0v) is 9.49. The summed E-state index contributed by atoms with van der Waals surface area (Å²) < 4.78 is 1.54. The summed E-state index contributed by atoms with van der Waals surface area (Å²) in [6.45, 7) is 0. The molecule has 0 spiro atoms. The van der Waals surface area contributed by atoms with Crippen molar-refractivity contribution < 1.29 is 10.2 Å². The molecule has 2 aromatic carbocycles. The average molecular weight is 244 g/mol. The van der Waals surface area contributed by atoms with Crippen LogP contribution in [0.3, 0.4) is 0 Å². The van der Waals surface area contributed by atoms with Crippen molar-refractivity contribution in [3.8, 4) is 11.5 Å². The molecule has 0 aliphatic rings. The predicted octanol–water partition coefficient (Wildman–Crippen LogP) is 2.83. The molecule has 0 saturated heterocycles. The first-order valence-electron chi connectivity index (χ1n) is 5.04. The minimum Gasteiger partial charge on any atom is -0.504 e. The topological polar surface area (TPSA) is 57.5 Å². The molecule has 2 N–H and O–H groups in total. The fraction of sp³-hybridized carbons (Fsp3) is 0. The number of fused-ring (bicyclic) bond motifs is 2. The van der Waals surface area contributed by atoms with E-state index in [1.165, 1.54) is 23.5 Å². The van der Waals surface area contributed by atoms with E-state index in [2.05, 4.69) is 0 Å². The maximum atomic E-state index is 12.2. The van der Waals surface area contributed by atoms with E-state index in [4.69, 9.17) is 0 Å². The number of phenolic OH excluding ortho intramolecular Hbond substituents is 2. The van der Waals surface area contributed by atoms with Gasteiger partial charge in [-0.2, -0.15) is 0 Å². The molecule has 0 atom stereocenters. The number of benzene rings is 2. The Morgan fingerprint density at radius 1 is 0.882 bits per heavy atom. The van der Waals surface area contributed by atoms with Crippen LogP contribution in [-0.4, -0.2) is 10.2 Å². The standard InChI is InChI=1S/C13H8O3S/c14-9-5-8-12(6-10(9)15)17-11-4-2-1-3-7(11)13(8)16/h1-6,14-15H. The van der Waals surface area contributed by atoms with Crippen molar-refractivity contribution >= 4 is 31.5 Å². The summed E-state index contributed by atoms with van der Waals surface area (Å²) in [7, 11) is 0. The van der Waals surface area contributed by atoms with Gasteiger partial charge in [-0.15, -0.1) is 11.3 Å². The van der Waals surface area contributed by atoms with Crippen LogP contribution in [-0.2, 0) is 0 Å². The molecule has 3 nitrogen and oxygen atoms in total. The van der Waals surface area contributed by atoms with Crippen molar-refractivity contribution in [2.24, 2.45) is 0 Å². The van der Waals surface area contributed by atoms with Crippen LogP contribution in [0.4, 0.5) is 0 Å². The summed E-state index contributed by atoms with van der Waals surface area (Å²) in [4.78, 5) is 12.2. The summed E-state index contributed by atoms with van der Waals surface area (Å²) in [6, 6.07) is 10.0. The summed E-state index contributed by atoms with van der Waals surface area (Å²) in [5.41, 5.74) is -0.121. The average Bonchev–Trinajstić information content (AvgIpc) is 2.32. The van der Waals surface area contributed by atoms with Gasteiger partial charge in [-0.05, 0) is 18.2 Å². The maximum absolute atomic E-state index is 12.2. The summed E-state index contributed by atoms with van der Waals surface area (Å²) in [5.74, 6) is -0.472. The predicted molar refractivity (Wildman–Crippen MR) is 68.9 cm³/mol. The van der Waals surface area contributed by atoms with E-state index in [9.17, 15) is 15.0 Å². The van der Waals surface area contributed by atoms with Gasteiger partial charge in [0.05, 0.1) is 0 Å². The van der Waals surface area contributed by atoms with Crippen molar-refractivity contribution in [3.63, 3.8) is 0 Å². The lowest BCUT2D eigenvalue weighted by molar-refractivity contribution is 0.405. The Bertz CT molecular complexity index is 790. The van der Waals surface area contributed by atoms with Gasteiger partial charge in [0.25, 0.3) is 0 Å². The molecule has 0 aliphatic heterocycles. The molecule has 0 bridgehead atoms. The highest BCUT2D eigenvalue weighted by molar-refractivity contribution is 7.24. The fourth-order valence-electron chi connectivity index (χ4n) is 1.83. The molecule has 0 saturated carbocycles. The first kappa shape index (κ1) is 10.1. The molecule has 0 unspecified atom stereocenters. The number of hydrogen-bond acceptors (Lipinski definition) is 4. The van der Waals surface area contributed by atoms with Gasteiger partial charge in [-0.25, -0.2) is 0 Å². The molecule has 0 aliphatic carbocycles. The van der Waals surface area contributed by atoms with Gasteiger partial charge in [0.2, 0.25) is 0 Å². The molecule has 1 heterocycles. The Morgan fingerprint density at radius 3 is 2.41 bits per heavy atom. The molecule has 4 heteroatoms. The Labute approximate surface area is 100 Å². The van der Waals surface area contributed by atoms with Crippen LogP contribution in [0.2, 0.25) is 0 Å². The smallest absolute Gasteiger partial charge is 0.196 e. The zero-order chi connectivity index (χ0) is 12.0. The number of aromatic hydroxyl groups is 2.